The van der Waals surface area contributed by atoms with Crippen LogP contribution in [0.3, 0.4) is 0 Å². The van der Waals surface area contributed by atoms with E-state index in [9.17, 15) is 14.4 Å². The van der Waals surface area contributed by atoms with E-state index >= 15 is 0 Å². The summed E-state index contributed by atoms with van der Waals surface area (Å²) < 4.78 is 8.28. The Labute approximate surface area is 236 Å². The van der Waals surface area contributed by atoms with Gasteiger partial charge in [0.05, 0.1) is 17.6 Å². The highest BCUT2D eigenvalue weighted by atomic mass is 79.9. The van der Waals surface area contributed by atoms with Crippen molar-refractivity contribution in [2.45, 2.75) is 32.0 Å². The average molecular weight is 623 g/mol. The molecule has 192 valence electrons. The monoisotopic (exact) mass is 621 g/mol. The predicted octanol–water partition coefficient (Wildman–Crippen LogP) is 6.24. The maximum absolute atomic E-state index is 13.2. The molecule has 1 atom stereocenters. The number of amides is 3. The molecule has 1 N–H and O–H groups in total. The van der Waals surface area contributed by atoms with Crippen LogP contribution in [0.2, 0.25) is 10.0 Å². The topological polar surface area (TPSA) is 80.6 Å². The fraction of sp³-hybridized carbons (Fsp3) is 0.269. The normalized spacial score (nSPS) is 18.9. The zero-order valence-corrected chi connectivity index (χ0v) is 23.4. The number of nitrogens with one attached hydrogen (secondary N) is 1. The molecule has 2 fully saturated rings. The molecule has 0 aliphatic carbocycles. The zero-order valence-electron chi connectivity index (χ0n) is 19.5. The molecule has 0 bridgehead atoms. The van der Waals surface area contributed by atoms with Crippen molar-refractivity contribution in [2.75, 3.05) is 13.2 Å². The van der Waals surface area contributed by atoms with Gasteiger partial charge in [-0.1, -0.05) is 45.2 Å². The van der Waals surface area contributed by atoms with E-state index in [-0.39, 0.29) is 30.3 Å². The number of nitrogens with zero attached hydrogens (tertiary/aromatic N) is 2. The van der Waals surface area contributed by atoms with Crippen LogP contribution in [-0.2, 0) is 27.4 Å². The third kappa shape index (κ3) is 5.91. The number of hydrogen-bond donors (Lipinski definition) is 1. The molecule has 11 heteroatoms. The molecule has 0 unspecified atom stereocenters. The van der Waals surface area contributed by atoms with Crippen LogP contribution in [0.25, 0.3) is 17.0 Å². The third-order valence-corrected chi connectivity index (χ3v) is 8.23. The Morgan fingerprint density at radius 2 is 2.05 bits per heavy atom. The first-order valence-corrected chi connectivity index (χ1v) is 14.0. The first-order valence-electron chi connectivity index (χ1n) is 11.6. The number of rotatable bonds is 7. The molecule has 2 saturated heterocycles. The van der Waals surface area contributed by atoms with E-state index in [1.165, 1.54) is 4.90 Å². The van der Waals surface area contributed by atoms with Crippen LogP contribution in [0, 0.1) is 0 Å². The van der Waals surface area contributed by atoms with Gasteiger partial charge in [-0.2, -0.15) is 0 Å². The standard InChI is InChI=1S/C26H22BrCl2N3O4S/c27-17-4-6-22-20(9-17)16(12-31(22)14-24(33)30-11-19-2-1-7-36-19)8-23-25(34)32(26(35)37-23)13-15-3-5-18(28)10-21(15)29/h3-6,8-10,12,19H,1-2,7,11,13-14H2,(H,30,33)/b23-8-/t19-/m1/s1. The lowest BCUT2D eigenvalue weighted by Crippen LogP contribution is -2.34. The molecule has 3 heterocycles. The molecule has 3 amide bonds. The minimum Gasteiger partial charge on any atom is -0.376 e. The van der Waals surface area contributed by atoms with Crippen LogP contribution < -0.4 is 5.32 Å². The smallest absolute Gasteiger partial charge is 0.293 e. The number of halogens is 3. The van der Waals surface area contributed by atoms with Crippen LogP contribution >= 0.6 is 50.9 Å². The molecule has 2 aliphatic rings. The highest BCUT2D eigenvalue weighted by molar-refractivity contribution is 9.10. The lowest BCUT2D eigenvalue weighted by molar-refractivity contribution is -0.123. The quantitative estimate of drug-likeness (QED) is 0.315. The van der Waals surface area contributed by atoms with Gasteiger partial charge in [0.25, 0.3) is 11.1 Å². The van der Waals surface area contributed by atoms with Gasteiger partial charge in [-0.15, -0.1) is 0 Å². The van der Waals surface area contributed by atoms with Crippen molar-refractivity contribution in [1.82, 2.24) is 14.8 Å². The van der Waals surface area contributed by atoms with Crippen molar-refractivity contribution in [3.8, 4) is 0 Å². The van der Waals surface area contributed by atoms with Gasteiger partial charge < -0.3 is 14.6 Å². The molecule has 0 spiro atoms. The Kier molecular flexibility index (Phi) is 7.97. The number of ether oxygens (including phenoxy) is 1. The van der Waals surface area contributed by atoms with Gasteiger partial charge in [0.2, 0.25) is 5.91 Å². The largest absolute Gasteiger partial charge is 0.376 e. The SMILES string of the molecule is O=C(Cn1cc(/C=C2\SC(=O)N(Cc3ccc(Cl)cc3Cl)C2=O)c2cc(Br)ccc21)NC[C@H]1CCCO1. The van der Waals surface area contributed by atoms with Gasteiger partial charge in [-0.05, 0) is 66.6 Å². The maximum Gasteiger partial charge on any atom is 0.293 e. The van der Waals surface area contributed by atoms with Crippen molar-refractivity contribution in [1.29, 1.82) is 0 Å². The number of carbonyl (C=O) groups is 3. The van der Waals surface area contributed by atoms with Crippen LogP contribution in [0.5, 0.6) is 0 Å². The van der Waals surface area contributed by atoms with Gasteiger partial charge in [0.15, 0.2) is 0 Å². The fourth-order valence-electron chi connectivity index (χ4n) is 4.38. The first kappa shape index (κ1) is 26.3. The number of carbonyl (C=O) groups excluding carboxylic acids is 3. The lowest BCUT2D eigenvalue weighted by atomic mass is 10.1. The number of aromatic nitrogens is 1. The Hall–Kier alpha value is -2.30. The summed E-state index contributed by atoms with van der Waals surface area (Å²) in [5.41, 5.74) is 2.20. The van der Waals surface area contributed by atoms with E-state index in [1.54, 1.807) is 24.3 Å². The molecular weight excluding hydrogens is 601 g/mol. The minimum absolute atomic E-state index is 0.0518. The molecular formula is C26H22BrCl2N3O4S. The Balaban J connectivity index is 1.38. The molecule has 1 aromatic heterocycles. The molecule has 0 radical (unpaired) electrons. The van der Waals surface area contributed by atoms with E-state index in [2.05, 4.69) is 21.2 Å². The summed E-state index contributed by atoms with van der Waals surface area (Å²) in [5, 5.41) is 4.29. The van der Waals surface area contributed by atoms with Crippen LogP contribution in [-0.4, -0.2) is 45.8 Å². The summed E-state index contributed by atoms with van der Waals surface area (Å²) in [4.78, 5) is 40.0. The zero-order chi connectivity index (χ0) is 26.1. The summed E-state index contributed by atoms with van der Waals surface area (Å²) in [5.74, 6) is -0.520. The maximum atomic E-state index is 13.2. The second kappa shape index (κ2) is 11.2. The van der Waals surface area contributed by atoms with Crippen molar-refractivity contribution >= 4 is 84.9 Å². The summed E-state index contributed by atoms with van der Waals surface area (Å²) in [6, 6.07) is 10.7. The Bertz CT molecular complexity index is 1430. The molecule has 5 rings (SSSR count). The molecule has 2 aliphatic heterocycles. The van der Waals surface area contributed by atoms with Gasteiger partial charge in [0, 0.05) is 50.3 Å². The van der Waals surface area contributed by atoms with Crippen molar-refractivity contribution in [2.24, 2.45) is 0 Å². The summed E-state index contributed by atoms with van der Waals surface area (Å²) >= 11 is 16.6. The molecule has 3 aromatic rings. The van der Waals surface area contributed by atoms with Gasteiger partial charge in [-0.3, -0.25) is 19.3 Å². The number of benzene rings is 2. The number of imide groups is 1. The van der Waals surface area contributed by atoms with E-state index in [0.29, 0.717) is 27.1 Å². The second-order valence-electron chi connectivity index (χ2n) is 8.82. The van der Waals surface area contributed by atoms with Crippen LogP contribution in [0.1, 0.15) is 24.0 Å². The van der Waals surface area contributed by atoms with E-state index in [0.717, 1.165) is 52.1 Å². The first-order chi connectivity index (χ1) is 17.8. The van der Waals surface area contributed by atoms with Crippen LogP contribution in [0.4, 0.5) is 4.79 Å². The molecule has 7 nitrogen and oxygen atoms in total. The van der Waals surface area contributed by atoms with E-state index in [1.807, 2.05) is 29.0 Å². The van der Waals surface area contributed by atoms with E-state index < -0.39 is 5.91 Å². The third-order valence-electron chi connectivity index (χ3n) is 6.24. The van der Waals surface area contributed by atoms with Gasteiger partial charge >= 0.3 is 0 Å². The molecule has 0 saturated carbocycles. The lowest BCUT2D eigenvalue weighted by Gasteiger charge is -2.13. The number of fused-ring (bicyclic) bond motifs is 1. The van der Waals surface area contributed by atoms with Crippen molar-refractivity contribution < 1.29 is 19.1 Å². The average Bonchev–Trinajstić information content (AvgIpc) is 3.55. The summed E-state index contributed by atoms with van der Waals surface area (Å²) in [7, 11) is 0. The summed E-state index contributed by atoms with van der Waals surface area (Å²) in [6.45, 7) is 1.39. The number of hydrogen-bond acceptors (Lipinski definition) is 5. The van der Waals surface area contributed by atoms with Crippen LogP contribution in [0.15, 0.2) is 52.0 Å². The Morgan fingerprint density at radius 1 is 1.22 bits per heavy atom. The number of thioether (sulfide) groups is 1. The highest BCUT2D eigenvalue weighted by Gasteiger charge is 2.35. The Morgan fingerprint density at radius 3 is 2.81 bits per heavy atom. The second-order valence-corrected chi connectivity index (χ2v) is 11.6. The fourth-order valence-corrected chi connectivity index (χ4v) is 6.04. The minimum atomic E-state index is -0.397. The van der Waals surface area contributed by atoms with Gasteiger partial charge in [0.1, 0.15) is 6.54 Å². The van der Waals surface area contributed by atoms with Crippen molar-refractivity contribution in [3.63, 3.8) is 0 Å². The van der Waals surface area contributed by atoms with Gasteiger partial charge in [-0.25, -0.2) is 0 Å². The summed E-state index contributed by atoms with van der Waals surface area (Å²) in [6.07, 6.45) is 5.55. The predicted molar refractivity (Wildman–Crippen MR) is 150 cm³/mol. The molecule has 2 aromatic carbocycles. The molecule has 37 heavy (non-hydrogen) atoms. The van der Waals surface area contributed by atoms with E-state index in [4.69, 9.17) is 27.9 Å². The highest BCUT2D eigenvalue weighted by Crippen LogP contribution is 2.36. The van der Waals surface area contributed by atoms with Crippen molar-refractivity contribution in [3.05, 3.63) is 73.1 Å².